The predicted molar refractivity (Wildman–Crippen MR) is 90.1 cm³/mol. The Kier molecular flexibility index (Phi) is 4.37. The molecule has 23 heavy (non-hydrogen) atoms. The number of carbonyl (C=O) groups excluding carboxylic acids is 1. The Bertz CT molecular complexity index is 707. The van der Waals surface area contributed by atoms with Crippen LogP contribution in [0, 0.1) is 0 Å². The van der Waals surface area contributed by atoms with Gasteiger partial charge in [-0.1, -0.05) is 18.2 Å². The van der Waals surface area contributed by atoms with E-state index in [0.717, 1.165) is 12.0 Å². The molecule has 0 saturated heterocycles. The maximum atomic E-state index is 12.4. The van der Waals surface area contributed by atoms with Gasteiger partial charge in [0.25, 0.3) is 0 Å². The number of hydrogen-bond acceptors (Lipinski definition) is 2. The fourth-order valence-corrected chi connectivity index (χ4v) is 3.09. The van der Waals surface area contributed by atoms with Crippen molar-refractivity contribution in [2.24, 2.45) is 7.05 Å². The summed E-state index contributed by atoms with van der Waals surface area (Å²) in [5, 5.41) is 7.17. The highest BCUT2D eigenvalue weighted by Crippen LogP contribution is 2.23. The second kappa shape index (κ2) is 6.44. The average molecular weight is 312 g/mol. The highest BCUT2D eigenvalue weighted by Gasteiger charge is 2.18. The molecule has 122 valence electrons. The lowest BCUT2D eigenvalue weighted by molar-refractivity contribution is 0.194. The Morgan fingerprint density at radius 3 is 2.91 bits per heavy atom. The van der Waals surface area contributed by atoms with Gasteiger partial charge in [-0.25, -0.2) is 4.79 Å². The molecule has 2 amide bonds. The zero-order valence-corrected chi connectivity index (χ0v) is 14.0. The summed E-state index contributed by atoms with van der Waals surface area (Å²) in [7, 11) is 3.69. The number of hydrogen-bond donors (Lipinski definition) is 1. The molecule has 1 aliphatic carbocycles. The summed E-state index contributed by atoms with van der Waals surface area (Å²) in [5.74, 6) is 0. The highest BCUT2D eigenvalue weighted by atomic mass is 16.2. The van der Waals surface area contributed by atoms with Crippen LogP contribution in [0.5, 0.6) is 0 Å². The molecule has 0 spiro atoms. The maximum absolute atomic E-state index is 12.4. The van der Waals surface area contributed by atoms with E-state index in [1.165, 1.54) is 29.5 Å². The van der Waals surface area contributed by atoms with Crippen LogP contribution in [-0.2, 0) is 26.4 Å². The third kappa shape index (κ3) is 3.38. The number of aryl methyl sites for hydroxylation is 3. The summed E-state index contributed by atoms with van der Waals surface area (Å²) in [4.78, 5) is 14.1. The lowest BCUT2D eigenvalue weighted by atomic mass is 10.1. The van der Waals surface area contributed by atoms with Crippen LogP contribution < -0.4 is 5.32 Å². The number of rotatable bonds is 4. The van der Waals surface area contributed by atoms with E-state index < -0.39 is 0 Å². The van der Waals surface area contributed by atoms with E-state index in [0.29, 0.717) is 6.54 Å². The molecule has 2 aromatic rings. The molecule has 1 aromatic carbocycles. The van der Waals surface area contributed by atoms with Crippen LogP contribution in [0.2, 0.25) is 0 Å². The number of nitrogens with one attached hydrogen (secondary N) is 1. The lowest BCUT2D eigenvalue weighted by Gasteiger charge is -2.24. The first kappa shape index (κ1) is 15.6. The maximum Gasteiger partial charge on any atom is 0.317 e. The molecule has 1 atom stereocenters. The van der Waals surface area contributed by atoms with Crippen molar-refractivity contribution in [2.75, 3.05) is 7.05 Å². The minimum absolute atomic E-state index is 0.0104. The second-order valence-corrected chi connectivity index (χ2v) is 6.35. The van der Waals surface area contributed by atoms with Crippen molar-refractivity contribution in [2.45, 2.75) is 38.8 Å². The molecule has 0 aliphatic heterocycles. The number of benzene rings is 1. The summed E-state index contributed by atoms with van der Waals surface area (Å²) in [6.45, 7) is 2.57. The SMILES string of the molecule is C[C@@H](c1cnn(C)c1)N(C)C(=O)NCc1ccc2c(c1)CCC2. The van der Waals surface area contributed by atoms with Crippen LogP contribution in [0.25, 0.3) is 0 Å². The van der Waals surface area contributed by atoms with Crippen molar-refractivity contribution in [1.29, 1.82) is 0 Å². The zero-order valence-electron chi connectivity index (χ0n) is 14.0. The summed E-state index contributed by atoms with van der Waals surface area (Å²) in [5.41, 5.74) is 5.10. The number of fused-ring (bicyclic) bond motifs is 1. The van der Waals surface area contributed by atoms with Gasteiger partial charge in [-0.2, -0.15) is 5.10 Å². The molecule has 0 bridgehead atoms. The monoisotopic (exact) mass is 312 g/mol. The van der Waals surface area contributed by atoms with Gasteiger partial charge in [0.1, 0.15) is 0 Å². The molecule has 0 fully saturated rings. The van der Waals surface area contributed by atoms with Gasteiger partial charge in [0, 0.05) is 32.4 Å². The molecule has 5 nitrogen and oxygen atoms in total. The molecule has 5 heteroatoms. The molecule has 1 aromatic heterocycles. The molecule has 0 unspecified atom stereocenters. The molecule has 1 aliphatic rings. The van der Waals surface area contributed by atoms with E-state index in [1.807, 2.05) is 27.2 Å². The molecule has 1 N–H and O–H groups in total. The van der Waals surface area contributed by atoms with Gasteiger partial charge in [-0.05, 0) is 42.9 Å². The first-order chi connectivity index (χ1) is 11.0. The van der Waals surface area contributed by atoms with Crippen LogP contribution in [-0.4, -0.2) is 27.8 Å². The number of aromatic nitrogens is 2. The van der Waals surface area contributed by atoms with Gasteiger partial charge in [-0.15, -0.1) is 0 Å². The van der Waals surface area contributed by atoms with Gasteiger partial charge >= 0.3 is 6.03 Å². The summed E-state index contributed by atoms with van der Waals surface area (Å²) >= 11 is 0. The van der Waals surface area contributed by atoms with Crippen molar-refractivity contribution in [1.82, 2.24) is 20.0 Å². The van der Waals surface area contributed by atoms with Crippen molar-refractivity contribution in [3.05, 3.63) is 52.8 Å². The fourth-order valence-electron chi connectivity index (χ4n) is 3.09. The molecular formula is C18H24N4O. The lowest BCUT2D eigenvalue weighted by Crippen LogP contribution is -2.38. The Labute approximate surface area is 137 Å². The van der Waals surface area contributed by atoms with E-state index in [1.54, 1.807) is 15.8 Å². The highest BCUT2D eigenvalue weighted by molar-refractivity contribution is 5.74. The summed E-state index contributed by atoms with van der Waals surface area (Å²) < 4.78 is 1.75. The first-order valence-electron chi connectivity index (χ1n) is 8.14. The van der Waals surface area contributed by atoms with Crippen molar-refractivity contribution < 1.29 is 4.79 Å². The molecule has 0 saturated carbocycles. The third-order valence-electron chi connectivity index (χ3n) is 4.72. The number of nitrogens with zero attached hydrogens (tertiary/aromatic N) is 3. The Morgan fingerprint density at radius 2 is 2.17 bits per heavy atom. The molecule has 1 heterocycles. The van der Waals surface area contributed by atoms with Crippen molar-refractivity contribution in [3.8, 4) is 0 Å². The van der Waals surface area contributed by atoms with Gasteiger partial charge in [0.15, 0.2) is 0 Å². The standard InChI is InChI=1S/C18H24N4O/c1-13(17-11-20-21(2)12-17)22(3)18(23)19-10-14-7-8-15-5-4-6-16(15)9-14/h7-9,11-13H,4-6,10H2,1-3H3,(H,19,23)/t13-/m0/s1. The van der Waals surface area contributed by atoms with Gasteiger partial charge in [-0.3, -0.25) is 4.68 Å². The summed E-state index contributed by atoms with van der Waals surface area (Å²) in [6, 6.07) is 6.47. The minimum Gasteiger partial charge on any atom is -0.334 e. The Balaban J connectivity index is 1.58. The van der Waals surface area contributed by atoms with Crippen LogP contribution in [0.1, 0.15) is 41.6 Å². The first-order valence-corrected chi connectivity index (χ1v) is 8.14. The third-order valence-corrected chi connectivity index (χ3v) is 4.72. The molecule has 3 rings (SSSR count). The van der Waals surface area contributed by atoms with E-state index in [2.05, 4.69) is 28.6 Å². The predicted octanol–water partition coefficient (Wildman–Crippen LogP) is 2.81. The van der Waals surface area contributed by atoms with Crippen LogP contribution in [0.15, 0.2) is 30.6 Å². The normalized spacial score (nSPS) is 14.4. The quantitative estimate of drug-likeness (QED) is 0.944. The number of amides is 2. The van der Waals surface area contributed by atoms with Crippen LogP contribution in [0.3, 0.4) is 0 Å². The van der Waals surface area contributed by atoms with Crippen LogP contribution in [0.4, 0.5) is 4.79 Å². The fraction of sp³-hybridized carbons (Fsp3) is 0.444. The van der Waals surface area contributed by atoms with Crippen LogP contribution >= 0.6 is 0 Å². The summed E-state index contributed by atoms with van der Waals surface area (Å²) in [6.07, 6.45) is 7.34. The zero-order chi connectivity index (χ0) is 16.4. The van der Waals surface area contributed by atoms with E-state index in [-0.39, 0.29) is 12.1 Å². The topological polar surface area (TPSA) is 50.2 Å². The number of carbonyl (C=O) groups is 1. The minimum atomic E-state index is -0.0677. The molecule has 0 radical (unpaired) electrons. The second-order valence-electron chi connectivity index (χ2n) is 6.35. The van der Waals surface area contributed by atoms with Gasteiger partial charge in [0.05, 0.1) is 12.2 Å². The smallest absolute Gasteiger partial charge is 0.317 e. The van der Waals surface area contributed by atoms with Gasteiger partial charge in [0.2, 0.25) is 0 Å². The average Bonchev–Trinajstić information content (AvgIpc) is 3.19. The van der Waals surface area contributed by atoms with E-state index in [9.17, 15) is 4.79 Å². The largest absolute Gasteiger partial charge is 0.334 e. The molecular weight excluding hydrogens is 288 g/mol. The Morgan fingerprint density at radius 1 is 1.39 bits per heavy atom. The number of urea groups is 1. The van der Waals surface area contributed by atoms with Crippen molar-refractivity contribution >= 4 is 6.03 Å². The van der Waals surface area contributed by atoms with Gasteiger partial charge < -0.3 is 10.2 Å². The Hall–Kier alpha value is -2.30. The van der Waals surface area contributed by atoms with E-state index >= 15 is 0 Å². The van der Waals surface area contributed by atoms with Crippen molar-refractivity contribution in [3.63, 3.8) is 0 Å². The van der Waals surface area contributed by atoms with E-state index in [4.69, 9.17) is 0 Å².